The van der Waals surface area contributed by atoms with Crippen LogP contribution in [0.4, 0.5) is 0 Å². The van der Waals surface area contributed by atoms with Crippen molar-refractivity contribution in [1.82, 2.24) is 24.5 Å². The molecule has 0 bridgehead atoms. The van der Waals surface area contributed by atoms with E-state index in [9.17, 15) is 9.59 Å². The predicted molar refractivity (Wildman–Crippen MR) is 88.5 cm³/mol. The van der Waals surface area contributed by atoms with E-state index in [0.717, 1.165) is 10.2 Å². The van der Waals surface area contributed by atoms with Crippen LogP contribution >= 0.6 is 0 Å². The minimum atomic E-state index is -0.327. The second-order valence-corrected chi connectivity index (χ2v) is 5.37. The zero-order valence-electron chi connectivity index (χ0n) is 13.2. The number of rotatable bonds is 5. The molecule has 0 aliphatic rings. The standard InChI is InChI=1S/C17H17N5O2/c1-20(12-14-6-3-2-4-7-14)17(24)13-22-16(23)9-8-15(19-22)21-11-5-10-18-21/h2-11H,12-13H2,1H3. The van der Waals surface area contributed by atoms with Crippen molar-refractivity contribution in [2.45, 2.75) is 13.1 Å². The zero-order valence-corrected chi connectivity index (χ0v) is 13.2. The highest BCUT2D eigenvalue weighted by Gasteiger charge is 2.12. The van der Waals surface area contributed by atoms with E-state index >= 15 is 0 Å². The monoisotopic (exact) mass is 323 g/mol. The average Bonchev–Trinajstić information content (AvgIpc) is 3.12. The highest BCUT2D eigenvalue weighted by Crippen LogP contribution is 2.04. The van der Waals surface area contributed by atoms with Crippen LogP contribution in [0.25, 0.3) is 5.82 Å². The maximum absolute atomic E-state index is 12.4. The Morgan fingerprint density at radius 2 is 1.92 bits per heavy atom. The molecule has 7 nitrogen and oxygen atoms in total. The minimum absolute atomic E-state index is 0.114. The van der Waals surface area contributed by atoms with Crippen molar-refractivity contribution >= 4 is 5.91 Å². The normalized spacial score (nSPS) is 10.5. The molecule has 0 atom stereocenters. The molecule has 0 fully saturated rings. The van der Waals surface area contributed by atoms with Crippen LogP contribution < -0.4 is 5.56 Å². The van der Waals surface area contributed by atoms with E-state index in [2.05, 4.69) is 10.2 Å². The average molecular weight is 323 g/mol. The van der Waals surface area contributed by atoms with Gasteiger partial charge in [0.25, 0.3) is 5.56 Å². The number of nitrogens with zero attached hydrogens (tertiary/aromatic N) is 5. The molecule has 0 N–H and O–H groups in total. The lowest BCUT2D eigenvalue weighted by Crippen LogP contribution is -2.35. The second kappa shape index (κ2) is 6.91. The third kappa shape index (κ3) is 3.57. The number of carbonyl (C=O) groups is 1. The first kappa shape index (κ1) is 15.7. The molecule has 122 valence electrons. The summed E-state index contributed by atoms with van der Waals surface area (Å²) in [7, 11) is 1.71. The van der Waals surface area contributed by atoms with E-state index in [1.54, 1.807) is 36.5 Å². The van der Waals surface area contributed by atoms with Crippen LogP contribution in [0.3, 0.4) is 0 Å². The summed E-state index contributed by atoms with van der Waals surface area (Å²) >= 11 is 0. The zero-order chi connectivity index (χ0) is 16.9. The fraction of sp³-hybridized carbons (Fsp3) is 0.176. The third-order valence-electron chi connectivity index (χ3n) is 3.57. The van der Waals surface area contributed by atoms with Crippen molar-refractivity contribution in [3.63, 3.8) is 0 Å². The molecule has 3 rings (SSSR count). The minimum Gasteiger partial charge on any atom is -0.340 e. The molecule has 0 saturated heterocycles. The number of aromatic nitrogens is 4. The van der Waals surface area contributed by atoms with Gasteiger partial charge in [0.05, 0.1) is 0 Å². The van der Waals surface area contributed by atoms with Gasteiger partial charge in [-0.1, -0.05) is 30.3 Å². The molecule has 2 heterocycles. The van der Waals surface area contributed by atoms with Crippen LogP contribution in [0.1, 0.15) is 5.56 Å². The molecule has 24 heavy (non-hydrogen) atoms. The van der Waals surface area contributed by atoms with Crippen molar-refractivity contribution in [2.75, 3.05) is 7.05 Å². The van der Waals surface area contributed by atoms with E-state index in [-0.39, 0.29) is 18.0 Å². The molecular formula is C17H17N5O2. The van der Waals surface area contributed by atoms with Crippen LogP contribution in [0.2, 0.25) is 0 Å². The Balaban J connectivity index is 1.74. The summed E-state index contributed by atoms with van der Waals surface area (Å²) < 4.78 is 2.69. The summed E-state index contributed by atoms with van der Waals surface area (Å²) in [6.45, 7) is 0.366. The van der Waals surface area contributed by atoms with E-state index in [4.69, 9.17) is 0 Å². The summed E-state index contributed by atoms with van der Waals surface area (Å²) in [5, 5.41) is 8.27. The topological polar surface area (TPSA) is 73.0 Å². The predicted octanol–water partition coefficient (Wildman–Crippen LogP) is 1.09. The highest BCUT2D eigenvalue weighted by atomic mass is 16.2. The summed E-state index contributed by atoms with van der Waals surface area (Å²) in [6, 6.07) is 14.4. The largest absolute Gasteiger partial charge is 0.340 e. The van der Waals surface area contributed by atoms with E-state index in [0.29, 0.717) is 12.4 Å². The molecule has 0 aliphatic heterocycles. The Labute approximate surface area is 138 Å². The Hall–Kier alpha value is -3.22. The number of benzene rings is 1. The molecule has 0 unspecified atom stereocenters. The van der Waals surface area contributed by atoms with Gasteiger partial charge in [-0.15, -0.1) is 5.10 Å². The molecule has 0 aliphatic carbocycles. The smallest absolute Gasteiger partial charge is 0.267 e. The molecular weight excluding hydrogens is 306 g/mol. The molecule has 3 aromatic rings. The Bertz CT molecular complexity index is 872. The SMILES string of the molecule is CN(Cc1ccccc1)C(=O)Cn1nc(-n2cccn2)ccc1=O. The van der Waals surface area contributed by atoms with E-state index in [1.165, 1.54) is 10.7 Å². The van der Waals surface area contributed by atoms with Crippen LogP contribution in [-0.4, -0.2) is 37.4 Å². The Morgan fingerprint density at radius 3 is 2.62 bits per heavy atom. The van der Waals surface area contributed by atoms with Crippen LogP contribution in [-0.2, 0) is 17.9 Å². The highest BCUT2D eigenvalue weighted by molar-refractivity contribution is 5.75. The first-order chi connectivity index (χ1) is 11.6. The molecule has 1 aromatic carbocycles. The van der Waals surface area contributed by atoms with Crippen molar-refractivity contribution in [1.29, 1.82) is 0 Å². The molecule has 0 spiro atoms. The Morgan fingerprint density at radius 1 is 1.12 bits per heavy atom. The maximum Gasteiger partial charge on any atom is 0.267 e. The van der Waals surface area contributed by atoms with Gasteiger partial charge in [0.1, 0.15) is 6.54 Å². The van der Waals surface area contributed by atoms with E-state index < -0.39 is 0 Å². The van der Waals surface area contributed by atoms with Gasteiger partial charge < -0.3 is 4.90 Å². The third-order valence-corrected chi connectivity index (χ3v) is 3.57. The summed E-state index contributed by atoms with van der Waals surface area (Å²) in [5.74, 6) is 0.296. The fourth-order valence-electron chi connectivity index (χ4n) is 2.27. The lowest BCUT2D eigenvalue weighted by atomic mass is 10.2. The summed E-state index contributed by atoms with van der Waals surface area (Å²) in [6.07, 6.45) is 3.34. The van der Waals surface area contributed by atoms with Crippen molar-refractivity contribution in [3.8, 4) is 5.82 Å². The van der Waals surface area contributed by atoms with Gasteiger partial charge in [0.2, 0.25) is 5.91 Å². The number of carbonyl (C=O) groups excluding carboxylic acids is 1. The first-order valence-electron chi connectivity index (χ1n) is 7.49. The second-order valence-electron chi connectivity index (χ2n) is 5.37. The van der Waals surface area contributed by atoms with Crippen molar-refractivity contribution in [2.24, 2.45) is 0 Å². The van der Waals surface area contributed by atoms with E-state index in [1.807, 2.05) is 30.3 Å². The lowest BCUT2D eigenvalue weighted by molar-refractivity contribution is -0.131. The number of likely N-dealkylation sites (N-methyl/N-ethyl adjacent to an activating group) is 1. The van der Waals surface area contributed by atoms with Gasteiger partial charge >= 0.3 is 0 Å². The molecule has 7 heteroatoms. The molecule has 2 aromatic heterocycles. The Kier molecular flexibility index (Phi) is 4.51. The molecule has 0 radical (unpaired) electrons. The number of hydrogen-bond acceptors (Lipinski definition) is 4. The van der Waals surface area contributed by atoms with Crippen molar-refractivity contribution < 1.29 is 4.79 Å². The van der Waals surface area contributed by atoms with Gasteiger partial charge in [0, 0.05) is 32.1 Å². The fourth-order valence-corrected chi connectivity index (χ4v) is 2.27. The van der Waals surface area contributed by atoms with Crippen LogP contribution in [0.5, 0.6) is 0 Å². The van der Waals surface area contributed by atoms with Crippen molar-refractivity contribution in [3.05, 3.63) is 76.8 Å². The lowest BCUT2D eigenvalue weighted by Gasteiger charge is -2.17. The number of amides is 1. The van der Waals surface area contributed by atoms with Gasteiger partial charge in [-0.2, -0.15) is 5.10 Å². The van der Waals surface area contributed by atoms with Gasteiger partial charge in [-0.3, -0.25) is 9.59 Å². The quantitative estimate of drug-likeness (QED) is 0.704. The van der Waals surface area contributed by atoms with Gasteiger partial charge in [-0.25, -0.2) is 9.36 Å². The summed E-state index contributed by atoms with van der Waals surface area (Å²) in [5.41, 5.74) is 0.700. The van der Waals surface area contributed by atoms with Crippen LogP contribution in [0, 0.1) is 0 Å². The van der Waals surface area contributed by atoms with Gasteiger partial charge in [-0.05, 0) is 17.7 Å². The maximum atomic E-state index is 12.4. The first-order valence-corrected chi connectivity index (χ1v) is 7.49. The number of hydrogen-bond donors (Lipinski definition) is 0. The van der Waals surface area contributed by atoms with Crippen LogP contribution in [0.15, 0.2) is 65.7 Å². The summed E-state index contributed by atoms with van der Waals surface area (Å²) in [4.78, 5) is 25.9. The van der Waals surface area contributed by atoms with Gasteiger partial charge in [0.15, 0.2) is 5.82 Å². The molecule has 1 amide bonds. The molecule has 0 saturated carbocycles.